The Morgan fingerprint density at radius 2 is 1.80 bits per heavy atom. The van der Waals surface area contributed by atoms with E-state index in [1.165, 1.54) is 6.92 Å². The van der Waals surface area contributed by atoms with Crippen molar-refractivity contribution in [1.82, 2.24) is 0 Å². The molecule has 20 heavy (non-hydrogen) atoms. The molecular weight excluding hydrogens is 250 g/mol. The monoisotopic (exact) mass is 265 g/mol. The van der Waals surface area contributed by atoms with Crippen LogP contribution in [0.2, 0.25) is 0 Å². The zero-order valence-electron chi connectivity index (χ0n) is 11.4. The maximum Gasteiger partial charge on any atom is 0.221 e. The first-order valence-electron chi connectivity index (χ1n) is 6.24. The molecule has 0 radical (unpaired) electrons. The molecule has 0 aliphatic rings. The number of benzene rings is 2. The molecule has 0 heterocycles. The normalized spacial score (nSPS) is 9.65. The van der Waals surface area contributed by atoms with E-state index in [0.29, 0.717) is 5.56 Å². The summed E-state index contributed by atoms with van der Waals surface area (Å²) < 4.78 is 0. The molecule has 0 fully saturated rings. The molecule has 0 saturated carbocycles. The molecule has 1 amide bonds. The van der Waals surface area contributed by atoms with Gasteiger partial charge in [-0.2, -0.15) is 5.26 Å². The fraction of sp³-hybridized carbons (Fsp3) is 0.125. The largest absolute Gasteiger partial charge is 0.355 e. The number of carbonyl (C=O) groups excluding carboxylic acids is 1. The van der Waals surface area contributed by atoms with E-state index in [0.717, 1.165) is 22.6 Å². The van der Waals surface area contributed by atoms with Crippen LogP contribution in [-0.2, 0) is 4.79 Å². The number of nitrogens with zero attached hydrogens (tertiary/aromatic N) is 1. The number of nitriles is 1. The Morgan fingerprint density at radius 3 is 2.45 bits per heavy atom. The van der Waals surface area contributed by atoms with Gasteiger partial charge < -0.3 is 10.6 Å². The molecule has 2 aromatic carbocycles. The van der Waals surface area contributed by atoms with Crippen LogP contribution in [0.25, 0.3) is 0 Å². The van der Waals surface area contributed by atoms with Crippen molar-refractivity contribution in [2.45, 2.75) is 13.8 Å². The average molecular weight is 265 g/mol. The van der Waals surface area contributed by atoms with Gasteiger partial charge in [0.25, 0.3) is 0 Å². The lowest BCUT2D eigenvalue weighted by atomic mass is 10.1. The minimum Gasteiger partial charge on any atom is -0.355 e. The summed E-state index contributed by atoms with van der Waals surface area (Å²) in [5, 5.41) is 14.9. The molecular formula is C16H15N3O. The number of anilines is 3. The lowest BCUT2D eigenvalue weighted by Crippen LogP contribution is -2.05. The Labute approximate surface area is 118 Å². The van der Waals surface area contributed by atoms with Crippen LogP contribution in [-0.4, -0.2) is 5.91 Å². The van der Waals surface area contributed by atoms with Crippen molar-refractivity contribution in [2.24, 2.45) is 0 Å². The lowest BCUT2D eigenvalue weighted by molar-refractivity contribution is -0.114. The first-order valence-corrected chi connectivity index (χ1v) is 6.24. The van der Waals surface area contributed by atoms with Gasteiger partial charge in [-0.3, -0.25) is 4.79 Å². The Balaban J connectivity index is 2.20. The van der Waals surface area contributed by atoms with E-state index in [1.807, 2.05) is 43.3 Å². The summed E-state index contributed by atoms with van der Waals surface area (Å²) in [5.74, 6) is -0.101. The molecule has 0 aliphatic heterocycles. The number of nitrogens with one attached hydrogen (secondary N) is 2. The minimum atomic E-state index is -0.101. The predicted molar refractivity (Wildman–Crippen MR) is 79.9 cm³/mol. The van der Waals surface area contributed by atoms with Crippen molar-refractivity contribution in [3.63, 3.8) is 0 Å². The molecule has 100 valence electrons. The summed E-state index contributed by atoms with van der Waals surface area (Å²) >= 11 is 0. The molecule has 0 bridgehead atoms. The smallest absolute Gasteiger partial charge is 0.221 e. The van der Waals surface area contributed by atoms with Gasteiger partial charge >= 0.3 is 0 Å². The van der Waals surface area contributed by atoms with Crippen LogP contribution < -0.4 is 10.6 Å². The number of carbonyl (C=O) groups is 1. The Hall–Kier alpha value is -2.80. The Bertz CT molecular complexity index is 686. The summed E-state index contributed by atoms with van der Waals surface area (Å²) in [4.78, 5) is 11.0. The lowest BCUT2D eigenvalue weighted by Gasteiger charge is -2.10. The van der Waals surface area contributed by atoms with E-state index >= 15 is 0 Å². The van der Waals surface area contributed by atoms with Crippen LogP contribution in [0, 0.1) is 18.3 Å². The third-order valence-corrected chi connectivity index (χ3v) is 2.82. The van der Waals surface area contributed by atoms with Crippen molar-refractivity contribution >= 4 is 23.0 Å². The summed E-state index contributed by atoms with van der Waals surface area (Å²) in [6.45, 7) is 3.38. The van der Waals surface area contributed by atoms with E-state index in [1.54, 1.807) is 6.07 Å². The second-order valence-electron chi connectivity index (χ2n) is 4.53. The Kier molecular flexibility index (Phi) is 4.02. The maximum absolute atomic E-state index is 11.0. The second-order valence-corrected chi connectivity index (χ2v) is 4.53. The fourth-order valence-corrected chi connectivity index (χ4v) is 1.91. The molecule has 4 heteroatoms. The van der Waals surface area contributed by atoms with Crippen LogP contribution in [0.15, 0.2) is 42.5 Å². The fourth-order valence-electron chi connectivity index (χ4n) is 1.91. The predicted octanol–water partition coefficient (Wildman–Crippen LogP) is 3.57. The first-order chi connectivity index (χ1) is 9.58. The summed E-state index contributed by atoms with van der Waals surface area (Å²) in [7, 11) is 0. The van der Waals surface area contributed by atoms with Gasteiger partial charge in [0, 0.05) is 24.0 Å². The van der Waals surface area contributed by atoms with Gasteiger partial charge in [0.1, 0.15) is 0 Å². The van der Waals surface area contributed by atoms with Gasteiger partial charge in [0.15, 0.2) is 0 Å². The third kappa shape index (κ3) is 3.36. The second kappa shape index (κ2) is 5.89. The van der Waals surface area contributed by atoms with Crippen molar-refractivity contribution in [2.75, 3.05) is 10.6 Å². The van der Waals surface area contributed by atoms with Gasteiger partial charge in [0.2, 0.25) is 5.91 Å². The molecule has 0 unspecified atom stereocenters. The number of amides is 1. The van der Waals surface area contributed by atoms with Crippen LogP contribution in [0.3, 0.4) is 0 Å². The molecule has 0 aromatic heterocycles. The van der Waals surface area contributed by atoms with Crippen molar-refractivity contribution in [1.29, 1.82) is 5.26 Å². The van der Waals surface area contributed by atoms with E-state index < -0.39 is 0 Å². The molecule has 2 N–H and O–H groups in total. The Morgan fingerprint density at radius 1 is 1.10 bits per heavy atom. The van der Waals surface area contributed by atoms with Crippen molar-refractivity contribution in [3.8, 4) is 6.07 Å². The van der Waals surface area contributed by atoms with Crippen molar-refractivity contribution < 1.29 is 4.79 Å². The minimum absolute atomic E-state index is 0.101. The van der Waals surface area contributed by atoms with Crippen LogP contribution in [0.1, 0.15) is 18.1 Å². The van der Waals surface area contributed by atoms with Crippen LogP contribution in [0.5, 0.6) is 0 Å². The third-order valence-electron chi connectivity index (χ3n) is 2.82. The van der Waals surface area contributed by atoms with Gasteiger partial charge in [-0.25, -0.2) is 0 Å². The topological polar surface area (TPSA) is 64.9 Å². The quantitative estimate of drug-likeness (QED) is 0.891. The van der Waals surface area contributed by atoms with Crippen LogP contribution >= 0.6 is 0 Å². The SMILES string of the molecule is CC(=O)Nc1cccc(Nc2ccc(C#N)c(C)c2)c1. The van der Waals surface area contributed by atoms with E-state index in [-0.39, 0.29) is 5.91 Å². The van der Waals surface area contributed by atoms with E-state index in [4.69, 9.17) is 5.26 Å². The maximum atomic E-state index is 11.0. The number of hydrogen-bond donors (Lipinski definition) is 2. The van der Waals surface area contributed by atoms with E-state index in [9.17, 15) is 4.79 Å². The number of aryl methyl sites for hydroxylation is 1. The summed E-state index contributed by atoms with van der Waals surface area (Å²) in [5.41, 5.74) is 4.12. The van der Waals surface area contributed by atoms with E-state index in [2.05, 4.69) is 16.7 Å². The zero-order chi connectivity index (χ0) is 14.5. The molecule has 0 aliphatic carbocycles. The molecule has 2 aromatic rings. The standard InChI is InChI=1S/C16H15N3O/c1-11-8-16(7-6-13(11)10-17)19-15-5-3-4-14(9-15)18-12(2)20/h3-9,19H,1-2H3,(H,18,20). The molecule has 4 nitrogen and oxygen atoms in total. The average Bonchev–Trinajstić information content (AvgIpc) is 2.38. The molecule has 0 atom stereocenters. The molecule has 2 rings (SSSR count). The highest BCUT2D eigenvalue weighted by Gasteiger charge is 2.01. The summed E-state index contributed by atoms with van der Waals surface area (Å²) in [6.07, 6.45) is 0. The van der Waals surface area contributed by atoms with Gasteiger partial charge in [-0.1, -0.05) is 6.07 Å². The zero-order valence-corrected chi connectivity index (χ0v) is 11.4. The number of hydrogen-bond acceptors (Lipinski definition) is 3. The molecule has 0 saturated heterocycles. The van der Waals surface area contributed by atoms with Crippen molar-refractivity contribution in [3.05, 3.63) is 53.6 Å². The van der Waals surface area contributed by atoms with Crippen LogP contribution in [0.4, 0.5) is 17.1 Å². The highest BCUT2D eigenvalue weighted by molar-refractivity contribution is 5.89. The van der Waals surface area contributed by atoms with Gasteiger partial charge in [0.05, 0.1) is 11.6 Å². The number of rotatable bonds is 3. The highest BCUT2D eigenvalue weighted by atomic mass is 16.1. The summed E-state index contributed by atoms with van der Waals surface area (Å²) in [6, 6.07) is 15.2. The highest BCUT2D eigenvalue weighted by Crippen LogP contribution is 2.22. The molecule has 0 spiro atoms. The van der Waals surface area contributed by atoms with Gasteiger partial charge in [-0.15, -0.1) is 0 Å². The van der Waals surface area contributed by atoms with Gasteiger partial charge in [-0.05, 0) is 48.9 Å². The first kappa shape index (κ1) is 13.6.